The van der Waals surface area contributed by atoms with E-state index in [0.717, 1.165) is 28.7 Å². The molecule has 4 aromatic carbocycles. The van der Waals surface area contributed by atoms with Gasteiger partial charge in [0.15, 0.2) is 0 Å². The summed E-state index contributed by atoms with van der Waals surface area (Å²) in [4.78, 5) is 38.4. The van der Waals surface area contributed by atoms with E-state index in [4.69, 9.17) is 0 Å². The quantitative estimate of drug-likeness (QED) is 0.123. The molecule has 0 spiro atoms. The molecule has 4 rings (SSSR count). The van der Waals surface area contributed by atoms with Crippen LogP contribution < -0.4 is 5.32 Å². The number of aliphatic carboxylic acids is 1. The number of nitrogens with zero attached hydrogens (tertiary/aromatic N) is 1. The van der Waals surface area contributed by atoms with E-state index < -0.39 is 11.9 Å². The molecule has 0 bridgehead atoms. The molecule has 0 aromatic heterocycles. The van der Waals surface area contributed by atoms with Gasteiger partial charge >= 0.3 is 11.9 Å². The molecule has 0 fully saturated rings. The van der Waals surface area contributed by atoms with Crippen LogP contribution in [-0.2, 0) is 35.6 Å². The van der Waals surface area contributed by atoms with Crippen LogP contribution in [0.25, 0.3) is 11.1 Å². The molecule has 0 atom stereocenters. The number of aryl methyl sites for hydroxylation is 1. The molecule has 0 aliphatic carbocycles. The van der Waals surface area contributed by atoms with E-state index in [9.17, 15) is 23.9 Å². The second-order valence-electron chi connectivity index (χ2n) is 10.4. The zero-order chi connectivity index (χ0) is 30.8. The van der Waals surface area contributed by atoms with E-state index >= 15 is 0 Å². The molecular weight excluding hydrogens is 611 g/mol. The van der Waals surface area contributed by atoms with Crippen LogP contribution in [0.3, 0.4) is 0 Å². The van der Waals surface area contributed by atoms with Crippen molar-refractivity contribution < 1.29 is 23.9 Å². The number of carboxylic acids is 1. The number of halogens is 2. The normalized spacial score (nSPS) is 10.8. The summed E-state index contributed by atoms with van der Waals surface area (Å²) in [6.07, 6.45) is 4.63. The zero-order valence-corrected chi connectivity index (χ0v) is 25.6. The van der Waals surface area contributed by atoms with Gasteiger partial charge in [0, 0.05) is 29.7 Å². The summed E-state index contributed by atoms with van der Waals surface area (Å²) in [5, 5.41) is 12.4. The van der Waals surface area contributed by atoms with Crippen LogP contribution >= 0.6 is 15.9 Å². The molecule has 0 heterocycles. The number of carboxylic acid groups (broad SMARTS) is 1. The molecule has 6 nitrogen and oxygen atoms in total. The zero-order valence-electron chi connectivity index (χ0n) is 24.0. The first-order valence-corrected chi connectivity index (χ1v) is 15.0. The SMILES string of the molecule is CCCCCc1ccc(CNC(=O)c2ccc(CN(Cc3cccc(-c4ccc(F)cc4)c3)C(=O)C(=O)O)c(Br)c2)cc1. The van der Waals surface area contributed by atoms with Crippen molar-refractivity contribution in [2.75, 3.05) is 0 Å². The molecule has 2 N–H and O–H groups in total. The molecule has 0 aliphatic rings. The Hall–Kier alpha value is -4.30. The Morgan fingerprint density at radius 3 is 2.21 bits per heavy atom. The highest BCUT2D eigenvalue weighted by Crippen LogP contribution is 2.24. The first kappa shape index (κ1) is 31.6. The summed E-state index contributed by atoms with van der Waals surface area (Å²) in [5.74, 6) is -3.18. The van der Waals surface area contributed by atoms with E-state index in [1.54, 1.807) is 36.4 Å². The molecule has 0 saturated carbocycles. The maximum atomic E-state index is 13.4. The van der Waals surface area contributed by atoms with Gasteiger partial charge in [-0.05, 0) is 76.6 Å². The van der Waals surface area contributed by atoms with Crippen LogP contribution in [0.4, 0.5) is 4.39 Å². The lowest BCUT2D eigenvalue weighted by molar-refractivity contribution is -0.156. The number of unbranched alkanes of at least 4 members (excludes halogenated alkanes) is 2. The van der Waals surface area contributed by atoms with Gasteiger partial charge in [-0.3, -0.25) is 9.59 Å². The second kappa shape index (κ2) is 15.3. The molecule has 0 saturated heterocycles. The van der Waals surface area contributed by atoms with Crippen molar-refractivity contribution in [2.24, 2.45) is 0 Å². The molecule has 0 radical (unpaired) electrons. The Morgan fingerprint density at radius 1 is 0.814 bits per heavy atom. The van der Waals surface area contributed by atoms with Crippen molar-refractivity contribution >= 4 is 33.7 Å². The van der Waals surface area contributed by atoms with Crippen molar-refractivity contribution in [3.05, 3.63) is 129 Å². The van der Waals surface area contributed by atoms with E-state index in [0.29, 0.717) is 22.1 Å². The maximum absolute atomic E-state index is 13.4. The van der Waals surface area contributed by atoms with Gasteiger partial charge in [-0.25, -0.2) is 9.18 Å². The smallest absolute Gasteiger partial charge is 0.394 e. The fourth-order valence-corrected chi connectivity index (χ4v) is 5.26. The van der Waals surface area contributed by atoms with E-state index in [1.165, 1.54) is 41.9 Å². The predicted molar refractivity (Wildman–Crippen MR) is 169 cm³/mol. The van der Waals surface area contributed by atoms with Gasteiger partial charge in [-0.15, -0.1) is 0 Å². The standard InChI is InChI=1S/C35H34BrFN2O4/c1-2-3-4-6-24-9-11-25(12-10-24)21-38-33(40)29-13-14-30(32(36)20-29)23-39(34(41)35(42)43)22-26-7-5-8-28(19-26)27-15-17-31(37)18-16-27/h5,7-20H,2-4,6,21-23H2,1H3,(H,38,40)(H,42,43). The molecule has 2 amide bonds. The Bertz CT molecular complexity index is 1570. The highest BCUT2D eigenvalue weighted by atomic mass is 79.9. The molecule has 0 unspecified atom stereocenters. The van der Waals surface area contributed by atoms with Crippen LogP contribution in [0.5, 0.6) is 0 Å². The van der Waals surface area contributed by atoms with Crippen molar-refractivity contribution in [1.29, 1.82) is 0 Å². The number of carbonyl (C=O) groups is 3. The summed E-state index contributed by atoms with van der Waals surface area (Å²) in [7, 11) is 0. The number of hydrogen-bond acceptors (Lipinski definition) is 3. The predicted octanol–water partition coefficient (Wildman–Crippen LogP) is 7.53. The summed E-state index contributed by atoms with van der Waals surface area (Å²) >= 11 is 3.50. The minimum Gasteiger partial charge on any atom is -0.474 e. The molecular formula is C35H34BrFN2O4. The summed E-state index contributed by atoms with van der Waals surface area (Å²) in [5.41, 5.74) is 5.73. The van der Waals surface area contributed by atoms with Gasteiger partial charge < -0.3 is 15.3 Å². The Labute approximate surface area is 259 Å². The Kier molecular flexibility index (Phi) is 11.2. The second-order valence-corrected chi connectivity index (χ2v) is 11.3. The third-order valence-corrected chi connectivity index (χ3v) is 7.91. The number of nitrogens with one attached hydrogen (secondary N) is 1. The third kappa shape index (κ3) is 9.09. The van der Waals surface area contributed by atoms with Gasteiger partial charge in [0.05, 0.1) is 0 Å². The topological polar surface area (TPSA) is 86.7 Å². The highest BCUT2D eigenvalue weighted by molar-refractivity contribution is 9.10. The monoisotopic (exact) mass is 644 g/mol. The van der Waals surface area contributed by atoms with Gasteiger partial charge in [0.1, 0.15) is 5.82 Å². The number of rotatable bonds is 12. The molecule has 222 valence electrons. The number of carbonyl (C=O) groups excluding carboxylic acids is 2. The van der Waals surface area contributed by atoms with E-state index in [2.05, 4.69) is 40.3 Å². The fourth-order valence-electron chi connectivity index (χ4n) is 4.76. The van der Waals surface area contributed by atoms with Crippen LogP contribution in [-0.4, -0.2) is 27.8 Å². The van der Waals surface area contributed by atoms with Crippen molar-refractivity contribution in [1.82, 2.24) is 10.2 Å². The lowest BCUT2D eigenvalue weighted by Crippen LogP contribution is -2.35. The lowest BCUT2D eigenvalue weighted by atomic mass is 10.0. The average molecular weight is 646 g/mol. The largest absolute Gasteiger partial charge is 0.474 e. The van der Waals surface area contributed by atoms with Crippen molar-refractivity contribution in [3.63, 3.8) is 0 Å². The minimum absolute atomic E-state index is 0.0129. The summed E-state index contributed by atoms with van der Waals surface area (Å²) < 4.78 is 13.9. The van der Waals surface area contributed by atoms with Gasteiger partial charge in [0.2, 0.25) is 0 Å². The van der Waals surface area contributed by atoms with Crippen LogP contribution in [0.2, 0.25) is 0 Å². The Balaban J connectivity index is 1.41. The Morgan fingerprint density at radius 2 is 1.53 bits per heavy atom. The van der Waals surface area contributed by atoms with E-state index in [-0.39, 0.29) is 24.8 Å². The molecule has 4 aromatic rings. The minimum atomic E-state index is -1.56. The van der Waals surface area contributed by atoms with E-state index in [1.807, 2.05) is 30.3 Å². The fraction of sp³-hybridized carbons (Fsp3) is 0.229. The summed E-state index contributed by atoms with van der Waals surface area (Å²) in [6, 6.07) is 26.7. The highest BCUT2D eigenvalue weighted by Gasteiger charge is 2.23. The van der Waals surface area contributed by atoms with Crippen molar-refractivity contribution in [2.45, 2.75) is 52.2 Å². The first-order chi connectivity index (χ1) is 20.7. The van der Waals surface area contributed by atoms with Crippen LogP contribution in [0.15, 0.2) is 95.5 Å². The average Bonchev–Trinajstić information content (AvgIpc) is 3.01. The van der Waals surface area contributed by atoms with Crippen molar-refractivity contribution in [3.8, 4) is 11.1 Å². The number of benzene rings is 4. The van der Waals surface area contributed by atoms with Gasteiger partial charge in [-0.1, -0.05) is 96.4 Å². The first-order valence-electron chi connectivity index (χ1n) is 14.2. The molecule has 8 heteroatoms. The molecule has 43 heavy (non-hydrogen) atoms. The summed E-state index contributed by atoms with van der Waals surface area (Å²) in [6.45, 7) is 2.64. The maximum Gasteiger partial charge on any atom is 0.394 e. The van der Waals surface area contributed by atoms with Crippen LogP contribution in [0.1, 0.15) is 58.8 Å². The van der Waals surface area contributed by atoms with Crippen LogP contribution in [0, 0.1) is 5.82 Å². The number of hydrogen-bond donors (Lipinski definition) is 2. The molecule has 0 aliphatic heterocycles. The van der Waals surface area contributed by atoms with Gasteiger partial charge in [-0.2, -0.15) is 0 Å². The number of amides is 2. The third-order valence-electron chi connectivity index (χ3n) is 7.17. The lowest BCUT2D eigenvalue weighted by Gasteiger charge is -2.22. The van der Waals surface area contributed by atoms with Gasteiger partial charge in [0.25, 0.3) is 5.91 Å².